The van der Waals surface area contributed by atoms with E-state index in [1.165, 1.54) is 0 Å². The Morgan fingerprint density at radius 3 is 0.547 bits per heavy atom. The molecular formula is C25H2F28. The molecule has 53 heavy (non-hydrogen) atoms. The second-order valence-corrected chi connectivity index (χ2v) is 8.20. The Kier molecular flexibility index (Phi) is 16.6. The van der Waals surface area contributed by atoms with Crippen LogP contribution in [0.3, 0.4) is 0 Å². The monoisotopic (exact) mass is 834 g/mol. The van der Waals surface area contributed by atoms with E-state index in [2.05, 4.69) is 0 Å². The van der Waals surface area contributed by atoms with Gasteiger partial charge in [-0.05, 0) is 0 Å². The maximum absolute atomic E-state index is 13.7. The third kappa shape index (κ3) is 10.4. The topological polar surface area (TPSA) is 0 Å². The Morgan fingerprint density at radius 1 is 0.245 bits per heavy atom. The highest BCUT2D eigenvalue weighted by atomic mass is 19.4. The molecular weight excluding hydrogens is 832 g/mol. The molecule has 0 N–H and O–H groups in total. The van der Waals surface area contributed by atoms with E-state index >= 15 is 0 Å². The van der Waals surface area contributed by atoms with Crippen molar-refractivity contribution >= 4 is 0 Å². The molecule has 0 aliphatic rings. The molecule has 0 rings (SSSR count). The summed E-state index contributed by atoms with van der Waals surface area (Å²) in [6, 6.07) is 0. The average molecular weight is 834 g/mol. The summed E-state index contributed by atoms with van der Waals surface area (Å²) in [5, 5.41) is 0. The SMILES string of the molecule is FCC(F)=C(F)C(F)=C(F)C(F)=C(F)C(F)=C(F)C(F)=C(F)C(F)=C(F)C(F)=C(F)C(F)=C(F)C(F)=C(F)C(F)=C(F)C(F)=C(F)C(F)(F)C(F)(F)F. The lowest BCUT2D eigenvalue weighted by Crippen LogP contribution is -2.37. The zero-order chi connectivity index (χ0) is 42.4. The molecule has 0 radical (unpaired) electrons. The van der Waals surface area contributed by atoms with E-state index in [-0.39, 0.29) is 0 Å². The molecule has 0 aromatic rings. The maximum Gasteiger partial charge on any atom is 0.460 e. The zero-order valence-corrected chi connectivity index (χ0v) is 23.3. The van der Waals surface area contributed by atoms with Crippen molar-refractivity contribution < 1.29 is 123 Å². The van der Waals surface area contributed by atoms with Crippen molar-refractivity contribution in [1.29, 1.82) is 0 Å². The fraction of sp³-hybridized carbons (Fsp3) is 0.120. The summed E-state index contributed by atoms with van der Waals surface area (Å²) < 4.78 is 369. The molecule has 0 amide bonds. The Labute approximate surface area is 271 Å². The first-order valence-corrected chi connectivity index (χ1v) is 11.5. The predicted octanol–water partition coefficient (Wildman–Crippen LogP) is 14.8. The van der Waals surface area contributed by atoms with Crippen LogP contribution < -0.4 is 0 Å². The minimum Gasteiger partial charge on any atom is -0.243 e. The lowest BCUT2D eigenvalue weighted by molar-refractivity contribution is -0.271. The second-order valence-electron chi connectivity index (χ2n) is 8.20. The molecule has 0 aromatic carbocycles. The predicted molar refractivity (Wildman–Crippen MR) is 119 cm³/mol. The van der Waals surface area contributed by atoms with E-state index in [4.69, 9.17) is 0 Å². The Balaban J connectivity index is 7.27. The van der Waals surface area contributed by atoms with E-state index in [1.54, 1.807) is 0 Å². The minimum atomic E-state index is -7.12. The van der Waals surface area contributed by atoms with Gasteiger partial charge in [0.15, 0.2) is 23.3 Å². The summed E-state index contributed by atoms with van der Waals surface area (Å²) in [7, 11) is 0. The van der Waals surface area contributed by atoms with Crippen molar-refractivity contribution in [3.63, 3.8) is 0 Å². The highest BCUT2D eigenvalue weighted by Gasteiger charge is 2.63. The molecule has 0 aliphatic heterocycles. The molecule has 0 atom stereocenters. The van der Waals surface area contributed by atoms with Crippen LogP contribution in [0.2, 0.25) is 0 Å². The normalized spacial score (nSPS) is 18.6. The number of allylic oxidation sites excluding steroid dienone is 22. The van der Waals surface area contributed by atoms with Crippen molar-refractivity contribution in [2.24, 2.45) is 0 Å². The van der Waals surface area contributed by atoms with Gasteiger partial charge in [-0.2, -0.15) is 22.0 Å². The fourth-order valence-corrected chi connectivity index (χ4v) is 2.27. The number of halogens is 28. The van der Waals surface area contributed by atoms with Crippen molar-refractivity contribution in [3.05, 3.63) is 128 Å². The molecule has 0 spiro atoms. The zero-order valence-electron chi connectivity index (χ0n) is 23.3. The van der Waals surface area contributed by atoms with Gasteiger partial charge < -0.3 is 0 Å². The maximum atomic E-state index is 13.7. The van der Waals surface area contributed by atoms with Crippen molar-refractivity contribution in [3.8, 4) is 0 Å². The number of hydrogen-bond donors (Lipinski definition) is 0. The molecule has 0 saturated heterocycles. The van der Waals surface area contributed by atoms with Gasteiger partial charge >= 0.3 is 12.1 Å². The first kappa shape index (κ1) is 48.2. The molecule has 0 heterocycles. The van der Waals surface area contributed by atoms with Gasteiger partial charge in [0.1, 0.15) is 6.67 Å². The third-order valence-corrected chi connectivity index (χ3v) is 4.84. The summed E-state index contributed by atoms with van der Waals surface area (Å²) in [6.07, 6.45) is -7.12. The lowest BCUT2D eigenvalue weighted by atomic mass is 10.2. The first-order valence-electron chi connectivity index (χ1n) is 11.5. The molecule has 0 unspecified atom stereocenters. The second kappa shape index (κ2) is 18.3. The largest absolute Gasteiger partial charge is 0.460 e. The van der Waals surface area contributed by atoms with E-state index < -0.39 is 147 Å². The first-order chi connectivity index (χ1) is 23.9. The summed E-state index contributed by atoms with van der Waals surface area (Å²) in [6.45, 7) is -2.58. The van der Waals surface area contributed by atoms with E-state index in [9.17, 15) is 123 Å². The summed E-state index contributed by atoms with van der Waals surface area (Å²) in [5.41, 5.74) is 0. The summed E-state index contributed by atoms with van der Waals surface area (Å²) >= 11 is 0. The van der Waals surface area contributed by atoms with Crippen LogP contribution in [0.5, 0.6) is 0 Å². The molecule has 0 bridgehead atoms. The van der Waals surface area contributed by atoms with Gasteiger partial charge in [-0.3, -0.25) is 0 Å². The number of hydrogen-bond acceptors (Lipinski definition) is 0. The minimum absolute atomic E-state index is 2.58. The molecule has 28 heteroatoms. The Bertz CT molecular complexity index is 1850. The fourth-order valence-electron chi connectivity index (χ4n) is 2.27. The van der Waals surface area contributed by atoms with Gasteiger partial charge in [0.05, 0.1) is 0 Å². The third-order valence-electron chi connectivity index (χ3n) is 4.84. The van der Waals surface area contributed by atoms with Gasteiger partial charge in [-0.25, -0.2) is 101 Å². The van der Waals surface area contributed by atoms with Gasteiger partial charge in [0.25, 0.3) is 0 Å². The average Bonchev–Trinajstić information content (AvgIpc) is 3.13. The van der Waals surface area contributed by atoms with Crippen LogP contribution in [-0.4, -0.2) is 18.8 Å². The van der Waals surface area contributed by atoms with Crippen LogP contribution in [0.25, 0.3) is 0 Å². The van der Waals surface area contributed by atoms with Gasteiger partial charge in [-0.1, -0.05) is 0 Å². The van der Waals surface area contributed by atoms with Gasteiger partial charge in [-0.15, -0.1) is 0 Å². The highest BCUT2D eigenvalue weighted by Crippen LogP contribution is 2.45. The van der Waals surface area contributed by atoms with Crippen molar-refractivity contribution in [2.75, 3.05) is 6.67 Å². The van der Waals surface area contributed by atoms with Crippen LogP contribution in [-0.2, 0) is 0 Å². The Hall–Kier alpha value is -4.82. The van der Waals surface area contributed by atoms with E-state index in [1.807, 2.05) is 0 Å². The number of rotatable bonds is 12. The molecule has 0 saturated carbocycles. The van der Waals surface area contributed by atoms with E-state index in [0.29, 0.717) is 0 Å². The van der Waals surface area contributed by atoms with Crippen LogP contribution in [0, 0.1) is 0 Å². The molecule has 298 valence electrons. The Morgan fingerprint density at radius 2 is 0.396 bits per heavy atom. The van der Waals surface area contributed by atoms with Gasteiger partial charge in [0.2, 0.25) is 105 Å². The molecule has 0 fully saturated rings. The summed E-state index contributed by atoms with van der Waals surface area (Å²) in [4.78, 5) is 0. The van der Waals surface area contributed by atoms with Crippen LogP contribution in [0.15, 0.2) is 128 Å². The van der Waals surface area contributed by atoms with Crippen LogP contribution in [0.1, 0.15) is 0 Å². The molecule has 0 aromatic heterocycles. The van der Waals surface area contributed by atoms with Crippen LogP contribution in [0.4, 0.5) is 123 Å². The van der Waals surface area contributed by atoms with Crippen LogP contribution >= 0.6 is 0 Å². The quantitative estimate of drug-likeness (QED) is 0.136. The van der Waals surface area contributed by atoms with Crippen molar-refractivity contribution in [1.82, 2.24) is 0 Å². The van der Waals surface area contributed by atoms with Gasteiger partial charge in [0, 0.05) is 0 Å². The van der Waals surface area contributed by atoms with Crippen molar-refractivity contribution in [2.45, 2.75) is 12.1 Å². The standard InChI is InChI=1S/C25H2F28/c26-1-2(27)3(28)4(29)5(30)6(31)7(32)8(33)9(34)10(35)11(36)12(37)13(38)14(39)15(40)16(41)17(42)18(43)19(44)20(45)21(46)22(47)23(48)24(49,50)25(51,52)53/h1H2. The lowest BCUT2D eigenvalue weighted by Gasteiger charge is -2.17. The number of alkyl halides is 6. The summed E-state index contributed by atoms with van der Waals surface area (Å²) in [5.74, 6) is -94.9. The molecule has 0 nitrogen and oxygen atoms in total. The highest BCUT2D eigenvalue weighted by molar-refractivity contribution is 5.46. The molecule has 0 aliphatic carbocycles. The smallest absolute Gasteiger partial charge is 0.243 e. The van der Waals surface area contributed by atoms with E-state index in [0.717, 1.165) is 0 Å².